The van der Waals surface area contributed by atoms with Crippen LogP contribution in [0.1, 0.15) is 16.1 Å². The minimum absolute atomic E-state index is 0.169. The number of fused-ring (bicyclic) bond motifs is 1. The molecule has 0 saturated heterocycles. The Morgan fingerprint density at radius 1 is 1.08 bits per heavy atom. The zero-order valence-corrected chi connectivity index (χ0v) is 16.0. The van der Waals surface area contributed by atoms with Crippen molar-refractivity contribution in [2.75, 3.05) is 5.32 Å². The Labute approximate surface area is 162 Å². The topological polar surface area (TPSA) is 34.0 Å². The smallest absolute Gasteiger partial charge is 0.272 e. The summed E-state index contributed by atoms with van der Waals surface area (Å²) in [6.07, 6.45) is 0. The van der Waals surface area contributed by atoms with E-state index in [9.17, 15) is 9.18 Å². The van der Waals surface area contributed by atoms with E-state index in [0.717, 1.165) is 25.9 Å². The maximum absolute atomic E-state index is 13.2. The second-order valence-electron chi connectivity index (χ2n) is 5.87. The number of anilines is 1. The fourth-order valence-electron chi connectivity index (χ4n) is 2.84. The molecule has 26 heavy (non-hydrogen) atoms. The molecule has 0 spiro atoms. The average Bonchev–Trinajstić information content (AvgIpc) is 3.21. The second kappa shape index (κ2) is 7.05. The van der Waals surface area contributed by atoms with Crippen LogP contribution in [0.2, 0.25) is 0 Å². The van der Waals surface area contributed by atoms with Crippen LogP contribution in [0.15, 0.2) is 70.5 Å². The molecule has 130 valence electrons. The first kappa shape index (κ1) is 17.0. The largest absolute Gasteiger partial charge is 0.331 e. The summed E-state index contributed by atoms with van der Waals surface area (Å²) in [6, 6.07) is 17.7. The molecule has 6 heteroatoms. The first-order valence-electron chi connectivity index (χ1n) is 7.98. The van der Waals surface area contributed by atoms with Gasteiger partial charge in [-0.05, 0) is 59.5 Å². The van der Waals surface area contributed by atoms with Gasteiger partial charge in [0, 0.05) is 16.7 Å². The van der Waals surface area contributed by atoms with Gasteiger partial charge >= 0.3 is 0 Å². The minimum atomic E-state index is -0.268. The molecule has 0 aliphatic carbocycles. The third-order valence-electron chi connectivity index (χ3n) is 4.11. The normalized spacial score (nSPS) is 11.0. The van der Waals surface area contributed by atoms with Gasteiger partial charge in [0.1, 0.15) is 11.5 Å². The van der Waals surface area contributed by atoms with E-state index < -0.39 is 0 Å². The fourth-order valence-corrected chi connectivity index (χ4v) is 3.92. The number of hydrogen-bond donors (Lipinski definition) is 1. The molecule has 1 amide bonds. The maximum Gasteiger partial charge on any atom is 0.272 e. The standard InChI is InChI=1S/C20H14BrFN2OS/c21-14-3-7-16(8-4-14)23-20(25)18-11-19-17(9-10-26-19)24(18)12-13-1-5-15(22)6-2-13/h1-11H,12H2,(H,23,25). The lowest BCUT2D eigenvalue weighted by Crippen LogP contribution is -2.17. The van der Waals surface area contributed by atoms with Gasteiger partial charge in [0.25, 0.3) is 5.91 Å². The van der Waals surface area contributed by atoms with Gasteiger partial charge in [-0.3, -0.25) is 4.79 Å². The van der Waals surface area contributed by atoms with E-state index in [1.165, 1.54) is 12.1 Å². The number of benzene rings is 2. The van der Waals surface area contributed by atoms with E-state index in [1.54, 1.807) is 23.5 Å². The molecule has 0 saturated carbocycles. The van der Waals surface area contributed by atoms with Gasteiger partial charge in [0.05, 0.1) is 10.2 Å². The lowest BCUT2D eigenvalue weighted by atomic mass is 10.2. The van der Waals surface area contributed by atoms with Crippen LogP contribution in [-0.4, -0.2) is 10.5 Å². The van der Waals surface area contributed by atoms with Gasteiger partial charge < -0.3 is 9.88 Å². The summed E-state index contributed by atoms with van der Waals surface area (Å²) < 4.78 is 17.1. The van der Waals surface area contributed by atoms with Crippen molar-refractivity contribution in [2.45, 2.75) is 6.54 Å². The van der Waals surface area contributed by atoms with Crippen molar-refractivity contribution in [3.63, 3.8) is 0 Å². The van der Waals surface area contributed by atoms with Gasteiger partial charge in [0.15, 0.2) is 0 Å². The monoisotopic (exact) mass is 428 g/mol. The maximum atomic E-state index is 13.2. The van der Waals surface area contributed by atoms with Gasteiger partial charge in [-0.25, -0.2) is 4.39 Å². The summed E-state index contributed by atoms with van der Waals surface area (Å²) in [6.45, 7) is 0.504. The number of aromatic nitrogens is 1. The van der Waals surface area contributed by atoms with Gasteiger partial charge in [0.2, 0.25) is 0 Å². The van der Waals surface area contributed by atoms with Crippen molar-refractivity contribution >= 4 is 49.1 Å². The van der Waals surface area contributed by atoms with Crippen LogP contribution in [0.3, 0.4) is 0 Å². The number of carbonyl (C=O) groups is 1. The predicted octanol–water partition coefficient (Wildman–Crippen LogP) is 5.91. The fraction of sp³-hybridized carbons (Fsp3) is 0.0500. The Hall–Kier alpha value is -2.44. The Bertz CT molecular complexity index is 1070. The molecule has 0 radical (unpaired) electrons. The predicted molar refractivity (Wildman–Crippen MR) is 107 cm³/mol. The van der Waals surface area contributed by atoms with E-state index in [0.29, 0.717) is 12.2 Å². The number of nitrogens with one attached hydrogen (secondary N) is 1. The highest BCUT2D eigenvalue weighted by molar-refractivity contribution is 9.10. The molecule has 0 fully saturated rings. The summed E-state index contributed by atoms with van der Waals surface area (Å²) in [7, 11) is 0. The van der Waals surface area contributed by atoms with Crippen molar-refractivity contribution < 1.29 is 9.18 Å². The Morgan fingerprint density at radius 2 is 1.81 bits per heavy atom. The Balaban J connectivity index is 1.67. The summed E-state index contributed by atoms with van der Waals surface area (Å²) in [5.41, 5.74) is 3.25. The highest BCUT2D eigenvalue weighted by Gasteiger charge is 2.17. The molecule has 0 bridgehead atoms. The van der Waals surface area contributed by atoms with Crippen LogP contribution in [0.4, 0.5) is 10.1 Å². The zero-order valence-electron chi connectivity index (χ0n) is 13.6. The second-order valence-corrected chi connectivity index (χ2v) is 7.74. The average molecular weight is 429 g/mol. The van der Waals surface area contributed by atoms with Gasteiger partial charge in [-0.1, -0.05) is 28.1 Å². The van der Waals surface area contributed by atoms with E-state index in [4.69, 9.17) is 0 Å². The molecule has 2 aromatic heterocycles. The summed E-state index contributed by atoms with van der Waals surface area (Å²) in [5, 5.41) is 4.94. The minimum Gasteiger partial charge on any atom is -0.331 e. The molecule has 2 heterocycles. The van der Waals surface area contributed by atoms with E-state index in [2.05, 4.69) is 21.2 Å². The number of amides is 1. The van der Waals surface area contributed by atoms with Crippen LogP contribution in [-0.2, 0) is 6.54 Å². The number of hydrogen-bond acceptors (Lipinski definition) is 2. The number of rotatable bonds is 4. The van der Waals surface area contributed by atoms with Crippen LogP contribution in [0.25, 0.3) is 10.2 Å². The van der Waals surface area contributed by atoms with Crippen molar-refractivity contribution in [1.82, 2.24) is 4.57 Å². The molecule has 4 rings (SSSR count). The number of thiophene rings is 1. The first-order chi connectivity index (χ1) is 12.6. The molecule has 0 atom stereocenters. The highest BCUT2D eigenvalue weighted by Crippen LogP contribution is 2.27. The van der Waals surface area contributed by atoms with E-state index in [1.807, 2.05) is 46.3 Å². The molecule has 4 aromatic rings. The molecule has 0 aliphatic heterocycles. The van der Waals surface area contributed by atoms with Crippen LogP contribution >= 0.6 is 27.3 Å². The van der Waals surface area contributed by atoms with Crippen molar-refractivity contribution in [1.29, 1.82) is 0 Å². The molecular weight excluding hydrogens is 415 g/mol. The third-order valence-corrected chi connectivity index (χ3v) is 5.49. The number of carbonyl (C=O) groups excluding carboxylic acids is 1. The summed E-state index contributed by atoms with van der Waals surface area (Å²) >= 11 is 4.98. The number of halogens is 2. The van der Waals surface area contributed by atoms with Crippen LogP contribution in [0, 0.1) is 5.82 Å². The quantitative estimate of drug-likeness (QED) is 0.430. The first-order valence-corrected chi connectivity index (χ1v) is 9.65. The Morgan fingerprint density at radius 3 is 2.54 bits per heavy atom. The van der Waals surface area contributed by atoms with Crippen LogP contribution < -0.4 is 5.32 Å². The van der Waals surface area contributed by atoms with Gasteiger partial charge in [-0.2, -0.15) is 0 Å². The molecule has 0 unspecified atom stereocenters. The lowest BCUT2D eigenvalue weighted by Gasteiger charge is -2.11. The third kappa shape index (κ3) is 3.43. The Kier molecular flexibility index (Phi) is 4.61. The highest BCUT2D eigenvalue weighted by atomic mass is 79.9. The number of nitrogens with zero attached hydrogens (tertiary/aromatic N) is 1. The lowest BCUT2D eigenvalue weighted by molar-refractivity contribution is 0.101. The van der Waals surface area contributed by atoms with Gasteiger partial charge in [-0.15, -0.1) is 11.3 Å². The summed E-state index contributed by atoms with van der Waals surface area (Å²) in [5.74, 6) is -0.437. The zero-order chi connectivity index (χ0) is 18.1. The summed E-state index contributed by atoms with van der Waals surface area (Å²) in [4.78, 5) is 12.8. The molecule has 2 aromatic carbocycles. The van der Waals surface area contributed by atoms with E-state index in [-0.39, 0.29) is 11.7 Å². The van der Waals surface area contributed by atoms with Crippen LogP contribution in [0.5, 0.6) is 0 Å². The SMILES string of the molecule is O=C(Nc1ccc(Br)cc1)c1cc2sccc2n1Cc1ccc(F)cc1. The molecule has 1 N–H and O–H groups in total. The molecular formula is C20H14BrFN2OS. The van der Waals surface area contributed by atoms with E-state index >= 15 is 0 Å². The molecule has 0 aliphatic rings. The van der Waals surface area contributed by atoms with Crippen molar-refractivity contribution in [3.8, 4) is 0 Å². The van der Waals surface area contributed by atoms with Crippen molar-refractivity contribution in [2.24, 2.45) is 0 Å². The molecule has 3 nitrogen and oxygen atoms in total. The van der Waals surface area contributed by atoms with Crippen molar-refractivity contribution in [3.05, 3.63) is 87.6 Å².